The van der Waals surface area contributed by atoms with Gasteiger partial charge in [0.2, 0.25) is 0 Å². The second-order valence-corrected chi connectivity index (χ2v) is 13.2. The maximum atomic E-state index is 11.8. The molecule has 37 heavy (non-hydrogen) atoms. The Labute approximate surface area is 224 Å². The van der Waals surface area contributed by atoms with Crippen LogP contribution in [0, 0.1) is 5.92 Å². The molecule has 1 aliphatic rings. The van der Waals surface area contributed by atoms with Gasteiger partial charge < -0.3 is 20.4 Å². The molecule has 2 aromatic carbocycles. The third-order valence-electron chi connectivity index (χ3n) is 8.05. The molecule has 0 aromatic heterocycles. The number of rotatable bonds is 9. The summed E-state index contributed by atoms with van der Waals surface area (Å²) in [6.07, 6.45) is 8.55. The van der Waals surface area contributed by atoms with Gasteiger partial charge in [-0.1, -0.05) is 85.1 Å². The molecule has 4 nitrogen and oxygen atoms in total. The first-order valence-electron chi connectivity index (χ1n) is 14.3. The maximum absolute atomic E-state index is 11.8. The molecule has 0 unspecified atom stereocenters. The molecular formula is C33H50O4. The fourth-order valence-corrected chi connectivity index (χ4v) is 6.05. The predicted octanol–water partition coefficient (Wildman–Crippen LogP) is 7.25. The van der Waals surface area contributed by atoms with Crippen molar-refractivity contribution in [1.29, 1.82) is 0 Å². The van der Waals surface area contributed by atoms with E-state index < -0.39 is 0 Å². The lowest BCUT2D eigenvalue weighted by molar-refractivity contribution is 0.288. The van der Waals surface area contributed by atoms with E-state index in [2.05, 4.69) is 65.8 Å². The van der Waals surface area contributed by atoms with E-state index in [-0.39, 0.29) is 30.0 Å². The molecule has 0 aliphatic heterocycles. The van der Waals surface area contributed by atoms with Gasteiger partial charge in [-0.15, -0.1) is 0 Å². The Kier molecular flexibility index (Phi) is 9.74. The minimum absolute atomic E-state index is 0.120. The van der Waals surface area contributed by atoms with Gasteiger partial charge >= 0.3 is 0 Å². The molecule has 0 spiro atoms. The van der Waals surface area contributed by atoms with Crippen LogP contribution in [0.15, 0.2) is 24.3 Å². The molecule has 0 atom stereocenters. The van der Waals surface area contributed by atoms with Gasteiger partial charge in [0.15, 0.2) is 0 Å². The monoisotopic (exact) mass is 510 g/mol. The Balaban J connectivity index is 2.32. The fraction of sp³-hybridized carbons (Fsp3) is 0.636. The summed E-state index contributed by atoms with van der Waals surface area (Å²) in [7, 11) is 0. The SMILES string of the molecule is CC(C)(C)c1cc(CCCO)cc(C(c2cc(CCCO)cc(C(C)(C)C)c2O)C2CCCCC2)c1O. The first-order chi connectivity index (χ1) is 17.4. The average Bonchev–Trinajstić information content (AvgIpc) is 2.83. The summed E-state index contributed by atoms with van der Waals surface area (Å²) < 4.78 is 0. The first-order valence-corrected chi connectivity index (χ1v) is 14.3. The second kappa shape index (κ2) is 12.2. The third-order valence-corrected chi connectivity index (χ3v) is 8.05. The molecule has 0 radical (unpaired) electrons. The van der Waals surface area contributed by atoms with Crippen molar-refractivity contribution in [3.05, 3.63) is 57.6 Å². The molecule has 1 aliphatic carbocycles. The topological polar surface area (TPSA) is 80.9 Å². The van der Waals surface area contributed by atoms with Crippen molar-refractivity contribution in [2.75, 3.05) is 13.2 Å². The Morgan fingerprint density at radius 3 is 1.43 bits per heavy atom. The van der Waals surface area contributed by atoms with Gasteiger partial charge in [0.1, 0.15) is 11.5 Å². The third kappa shape index (κ3) is 7.09. The van der Waals surface area contributed by atoms with Crippen LogP contribution in [0.3, 0.4) is 0 Å². The van der Waals surface area contributed by atoms with Crippen molar-refractivity contribution in [2.24, 2.45) is 5.92 Å². The largest absolute Gasteiger partial charge is 0.507 e. The highest BCUT2D eigenvalue weighted by molar-refractivity contribution is 5.56. The predicted molar refractivity (Wildman–Crippen MR) is 153 cm³/mol. The second-order valence-electron chi connectivity index (χ2n) is 13.2. The van der Waals surface area contributed by atoms with Gasteiger partial charge in [-0.05, 0) is 77.5 Å². The van der Waals surface area contributed by atoms with Gasteiger partial charge in [-0.2, -0.15) is 0 Å². The van der Waals surface area contributed by atoms with Crippen LogP contribution in [0.4, 0.5) is 0 Å². The zero-order valence-corrected chi connectivity index (χ0v) is 24.0. The molecule has 3 rings (SSSR count). The summed E-state index contributed by atoms with van der Waals surface area (Å²) in [6, 6.07) is 8.47. The van der Waals surface area contributed by atoms with Gasteiger partial charge in [0.25, 0.3) is 0 Å². The van der Waals surface area contributed by atoms with Crippen molar-refractivity contribution >= 4 is 0 Å². The van der Waals surface area contributed by atoms with Crippen LogP contribution in [-0.4, -0.2) is 33.6 Å². The number of phenolic OH excluding ortho intramolecular Hbond substituents is 2. The van der Waals surface area contributed by atoms with Crippen LogP contribution in [0.1, 0.15) is 126 Å². The van der Waals surface area contributed by atoms with Crippen molar-refractivity contribution in [1.82, 2.24) is 0 Å². The number of phenols is 2. The Bertz CT molecular complexity index is 960. The van der Waals surface area contributed by atoms with Crippen molar-refractivity contribution < 1.29 is 20.4 Å². The summed E-state index contributed by atoms with van der Waals surface area (Å²) in [6.45, 7) is 13.0. The summed E-state index contributed by atoms with van der Waals surface area (Å²) in [5.74, 6) is 0.889. The molecular weight excluding hydrogens is 460 g/mol. The van der Waals surface area contributed by atoms with E-state index in [4.69, 9.17) is 0 Å². The van der Waals surface area contributed by atoms with E-state index in [0.29, 0.717) is 30.3 Å². The summed E-state index contributed by atoms with van der Waals surface area (Å²) in [5.41, 5.74) is 5.42. The fourth-order valence-electron chi connectivity index (χ4n) is 6.05. The van der Waals surface area contributed by atoms with Crippen LogP contribution >= 0.6 is 0 Å². The smallest absolute Gasteiger partial charge is 0.123 e. The van der Waals surface area contributed by atoms with Crippen LogP contribution in [0.5, 0.6) is 11.5 Å². The minimum Gasteiger partial charge on any atom is -0.507 e. The zero-order valence-electron chi connectivity index (χ0n) is 24.0. The van der Waals surface area contributed by atoms with Crippen molar-refractivity contribution in [2.45, 2.75) is 116 Å². The van der Waals surface area contributed by atoms with E-state index >= 15 is 0 Å². The zero-order chi connectivity index (χ0) is 27.4. The van der Waals surface area contributed by atoms with Crippen LogP contribution in [-0.2, 0) is 23.7 Å². The van der Waals surface area contributed by atoms with Gasteiger partial charge in [0.05, 0.1) is 0 Å². The van der Waals surface area contributed by atoms with Crippen molar-refractivity contribution in [3.63, 3.8) is 0 Å². The molecule has 0 saturated heterocycles. The number of hydrogen-bond acceptors (Lipinski definition) is 4. The highest BCUT2D eigenvalue weighted by atomic mass is 16.3. The van der Waals surface area contributed by atoms with Crippen molar-refractivity contribution in [3.8, 4) is 11.5 Å². The van der Waals surface area contributed by atoms with E-state index in [1.807, 2.05) is 0 Å². The highest BCUT2D eigenvalue weighted by Gasteiger charge is 2.35. The normalized spacial score (nSPS) is 15.5. The highest BCUT2D eigenvalue weighted by Crippen LogP contribution is 2.50. The summed E-state index contributed by atoms with van der Waals surface area (Å²) >= 11 is 0. The molecule has 0 heterocycles. The van der Waals surface area contributed by atoms with Crippen LogP contribution in [0.2, 0.25) is 0 Å². The van der Waals surface area contributed by atoms with Crippen LogP contribution < -0.4 is 0 Å². The van der Waals surface area contributed by atoms with Gasteiger partial charge in [-0.25, -0.2) is 0 Å². The Morgan fingerprint density at radius 1 is 0.676 bits per heavy atom. The first kappa shape index (κ1) is 29.5. The number of aliphatic hydroxyl groups excluding tert-OH is 2. The summed E-state index contributed by atoms with van der Waals surface area (Å²) in [5, 5.41) is 42.6. The lowest BCUT2D eigenvalue weighted by atomic mass is 9.70. The standard InChI is InChI=1S/C33H50O4/c1-32(2,3)27-20-22(12-10-16-34)18-25(30(27)36)29(24-14-8-7-9-15-24)26-19-23(13-11-17-35)21-28(31(26)37)33(4,5)6/h18-21,24,29,34-37H,7-17H2,1-6H3. The number of aromatic hydroxyl groups is 2. The Hall–Kier alpha value is -2.04. The number of hydrogen-bond donors (Lipinski definition) is 4. The molecule has 2 aromatic rings. The summed E-state index contributed by atoms with van der Waals surface area (Å²) in [4.78, 5) is 0. The molecule has 0 bridgehead atoms. The molecule has 1 saturated carbocycles. The number of aliphatic hydroxyl groups is 2. The quantitative estimate of drug-likeness (QED) is 0.286. The lowest BCUT2D eigenvalue weighted by Gasteiger charge is -2.35. The van der Waals surface area contributed by atoms with Crippen LogP contribution in [0.25, 0.3) is 0 Å². The molecule has 206 valence electrons. The van der Waals surface area contributed by atoms with E-state index in [1.54, 1.807) is 0 Å². The maximum Gasteiger partial charge on any atom is 0.123 e. The van der Waals surface area contributed by atoms with Gasteiger partial charge in [-0.3, -0.25) is 0 Å². The number of aryl methyl sites for hydroxylation is 2. The van der Waals surface area contributed by atoms with Gasteiger partial charge in [0, 0.05) is 30.3 Å². The lowest BCUT2D eigenvalue weighted by Crippen LogP contribution is -2.22. The molecule has 4 heteroatoms. The molecule has 1 fully saturated rings. The number of benzene rings is 2. The molecule has 0 amide bonds. The van der Waals surface area contributed by atoms with E-state index in [9.17, 15) is 20.4 Å². The molecule has 4 N–H and O–H groups in total. The van der Waals surface area contributed by atoms with E-state index in [1.165, 1.54) is 6.42 Å². The average molecular weight is 511 g/mol. The Morgan fingerprint density at radius 2 is 1.08 bits per heavy atom. The van der Waals surface area contributed by atoms with E-state index in [0.717, 1.165) is 71.9 Å². The minimum atomic E-state index is -0.243.